The summed E-state index contributed by atoms with van der Waals surface area (Å²) in [5, 5.41) is 10.4. The van der Waals surface area contributed by atoms with Crippen molar-refractivity contribution in [2.24, 2.45) is 0 Å². The Morgan fingerprint density at radius 3 is 2.17 bits per heavy atom. The van der Waals surface area contributed by atoms with Gasteiger partial charge in [0.2, 0.25) is 11.8 Å². The fraction of sp³-hybridized carbons (Fsp3) is 0.304. The van der Waals surface area contributed by atoms with E-state index in [4.69, 9.17) is 4.42 Å². The third-order valence-corrected chi connectivity index (χ3v) is 4.65. The Hall–Kier alpha value is -3.46. The molecule has 1 aliphatic carbocycles. The number of hydrogen-bond acceptors (Lipinski definition) is 5. The van der Waals surface area contributed by atoms with Gasteiger partial charge in [0.05, 0.1) is 0 Å². The van der Waals surface area contributed by atoms with Crippen LogP contribution >= 0.6 is 0 Å². The first-order valence-corrected chi connectivity index (χ1v) is 9.70. The van der Waals surface area contributed by atoms with Crippen LogP contribution in [0.25, 0.3) is 0 Å². The molecule has 1 aliphatic rings. The van der Waals surface area contributed by atoms with E-state index in [9.17, 15) is 4.79 Å². The van der Waals surface area contributed by atoms with E-state index in [0.717, 1.165) is 17.0 Å². The smallest absolute Gasteiger partial charge is 0.251 e. The average Bonchev–Trinajstić information content (AvgIpc) is 3.45. The molecule has 3 aromatic rings. The van der Waals surface area contributed by atoms with Gasteiger partial charge in [-0.05, 0) is 49.2 Å². The lowest BCUT2D eigenvalue weighted by atomic mass is 10.1. The zero-order valence-corrected chi connectivity index (χ0v) is 16.7. The number of aryl methyl sites for hydroxylation is 1. The number of rotatable bonds is 2. The fourth-order valence-electron chi connectivity index (χ4n) is 3.08. The van der Waals surface area contributed by atoms with Crippen molar-refractivity contribution in [1.29, 1.82) is 0 Å². The van der Waals surface area contributed by atoms with E-state index in [-0.39, 0.29) is 5.91 Å². The average molecular weight is 388 g/mol. The van der Waals surface area contributed by atoms with Crippen molar-refractivity contribution < 1.29 is 9.21 Å². The number of nitrogens with zero attached hydrogens (tertiary/aromatic N) is 3. The van der Waals surface area contributed by atoms with Gasteiger partial charge in [0.1, 0.15) is 0 Å². The second-order valence-corrected chi connectivity index (χ2v) is 6.78. The summed E-state index contributed by atoms with van der Waals surface area (Å²) in [5.41, 5.74) is 2.42. The lowest BCUT2D eigenvalue weighted by molar-refractivity contribution is 0.0963. The summed E-state index contributed by atoms with van der Waals surface area (Å²) in [7, 11) is 1.61. The molecule has 0 bridgehead atoms. The quantitative estimate of drug-likeness (QED) is 0.674. The molecule has 0 saturated heterocycles. The maximum Gasteiger partial charge on any atom is 0.251 e. The summed E-state index contributed by atoms with van der Waals surface area (Å²) < 4.78 is 5.35. The van der Waals surface area contributed by atoms with Gasteiger partial charge in [0.25, 0.3) is 5.91 Å². The van der Waals surface area contributed by atoms with Crippen LogP contribution < -0.4 is 5.32 Å². The number of hydrogen-bond donors (Lipinski definition) is 1. The number of carbonyl (C=O) groups excluding carboxylic acids is 1. The van der Waals surface area contributed by atoms with E-state index in [2.05, 4.69) is 32.3 Å². The highest BCUT2D eigenvalue weighted by molar-refractivity contribution is 5.94. The first-order valence-electron chi connectivity index (χ1n) is 9.70. The molecule has 1 amide bonds. The molecule has 0 aliphatic heterocycles. The maximum absolute atomic E-state index is 11.3. The minimum atomic E-state index is -0.0938. The summed E-state index contributed by atoms with van der Waals surface area (Å²) >= 11 is 0. The Morgan fingerprint density at radius 2 is 1.62 bits per heavy atom. The molecule has 6 heteroatoms. The van der Waals surface area contributed by atoms with Crippen molar-refractivity contribution in [2.75, 3.05) is 7.05 Å². The molecule has 2 aromatic heterocycles. The van der Waals surface area contributed by atoms with Crippen molar-refractivity contribution in [3.8, 4) is 11.8 Å². The topological polar surface area (TPSA) is 80.9 Å². The molecular weight excluding hydrogens is 364 g/mol. The number of amides is 1. The van der Waals surface area contributed by atoms with E-state index in [0.29, 0.717) is 17.4 Å². The summed E-state index contributed by atoms with van der Waals surface area (Å²) in [6.45, 7) is 1.84. The SMILES string of the molecule is CNC(=O)c1ccc(C#Cc2ccncc2)cc1.Cc1nnc(C2CCCC2)o1. The predicted molar refractivity (Wildman–Crippen MR) is 110 cm³/mol. The molecule has 148 valence electrons. The van der Waals surface area contributed by atoms with Gasteiger partial charge >= 0.3 is 0 Å². The third kappa shape index (κ3) is 6.01. The van der Waals surface area contributed by atoms with Crippen molar-refractivity contribution in [3.05, 3.63) is 77.3 Å². The number of benzene rings is 1. The molecule has 0 atom stereocenters. The monoisotopic (exact) mass is 388 g/mol. The second-order valence-electron chi connectivity index (χ2n) is 6.78. The Labute approximate surface area is 170 Å². The highest BCUT2D eigenvalue weighted by atomic mass is 16.4. The van der Waals surface area contributed by atoms with Crippen LogP contribution in [0.1, 0.15) is 64.9 Å². The van der Waals surface area contributed by atoms with Crippen LogP contribution in [0.3, 0.4) is 0 Å². The molecule has 1 N–H and O–H groups in total. The van der Waals surface area contributed by atoms with Gasteiger partial charge in [-0.1, -0.05) is 24.7 Å². The molecule has 2 heterocycles. The molecule has 0 radical (unpaired) electrons. The van der Waals surface area contributed by atoms with Gasteiger partial charge < -0.3 is 9.73 Å². The van der Waals surface area contributed by atoms with Crippen molar-refractivity contribution in [1.82, 2.24) is 20.5 Å². The van der Waals surface area contributed by atoms with Crippen molar-refractivity contribution >= 4 is 5.91 Å². The van der Waals surface area contributed by atoms with Crippen LogP contribution in [-0.4, -0.2) is 28.1 Å². The number of aromatic nitrogens is 3. The zero-order chi connectivity index (χ0) is 20.5. The van der Waals surface area contributed by atoms with E-state index in [1.165, 1.54) is 25.7 Å². The van der Waals surface area contributed by atoms with Gasteiger partial charge in [-0.15, -0.1) is 10.2 Å². The molecule has 1 fully saturated rings. The summed E-state index contributed by atoms with van der Waals surface area (Å²) in [5.74, 6) is 8.06. The normalized spacial score (nSPS) is 13.0. The standard InChI is InChI=1S/C15H12N2O.C8H12N2O/c1-16-15(18)14-6-4-12(5-7-14)2-3-13-8-10-17-11-9-13;1-6-9-10-8(11-6)7-4-2-3-5-7/h4-11H,1H3,(H,16,18);7H,2-5H2,1H3. The maximum atomic E-state index is 11.3. The van der Waals surface area contributed by atoms with Crippen molar-refractivity contribution in [2.45, 2.75) is 38.5 Å². The van der Waals surface area contributed by atoms with Crippen LogP contribution in [0.2, 0.25) is 0 Å². The highest BCUT2D eigenvalue weighted by Crippen LogP contribution is 2.32. The molecule has 4 rings (SSSR count). The van der Waals surface area contributed by atoms with E-state index in [1.54, 1.807) is 31.6 Å². The Kier molecular flexibility index (Phi) is 7.12. The Morgan fingerprint density at radius 1 is 1.00 bits per heavy atom. The van der Waals surface area contributed by atoms with Crippen LogP contribution in [-0.2, 0) is 0 Å². The minimum Gasteiger partial charge on any atom is -0.425 e. The number of pyridine rings is 1. The number of nitrogens with one attached hydrogen (secondary N) is 1. The van der Waals surface area contributed by atoms with Gasteiger partial charge in [-0.25, -0.2) is 0 Å². The van der Waals surface area contributed by atoms with Crippen LogP contribution in [0.5, 0.6) is 0 Å². The van der Waals surface area contributed by atoms with Crippen LogP contribution in [0.15, 0.2) is 53.2 Å². The first kappa shape index (κ1) is 20.3. The van der Waals surface area contributed by atoms with E-state index >= 15 is 0 Å². The molecule has 29 heavy (non-hydrogen) atoms. The molecule has 0 unspecified atom stereocenters. The molecule has 1 saturated carbocycles. The first-order chi connectivity index (χ1) is 14.2. The molecule has 1 aromatic carbocycles. The number of carbonyl (C=O) groups is 1. The third-order valence-electron chi connectivity index (χ3n) is 4.65. The van der Waals surface area contributed by atoms with E-state index in [1.807, 2.05) is 31.2 Å². The predicted octanol–water partition coefficient (Wildman–Crippen LogP) is 3.88. The minimum absolute atomic E-state index is 0.0938. The Balaban J connectivity index is 0.000000186. The fourth-order valence-corrected chi connectivity index (χ4v) is 3.08. The van der Waals surface area contributed by atoms with Crippen LogP contribution in [0.4, 0.5) is 0 Å². The van der Waals surface area contributed by atoms with Gasteiger partial charge in [0.15, 0.2) is 0 Å². The summed E-state index contributed by atoms with van der Waals surface area (Å²) in [6, 6.07) is 10.9. The second kappa shape index (κ2) is 10.2. The molecule has 0 spiro atoms. The molecule has 6 nitrogen and oxygen atoms in total. The van der Waals surface area contributed by atoms with Gasteiger partial charge in [-0.2, -0.15) is 0 Å². The van der Waals surface area contributed by atoms with Crippen LogP contribution in [0, 0.1) is 18.8 Å². The van der Waals surface area contributed by atoms with Crippen molar-refractivity contribution in [3.63, 3.8) is 0 Å². The summed E-state index contributed by atoms with van der Waals surface area (Å²) in [4.78, 5) is 15.3. The van der Waals surface area contributed by atoms with E-state index < -0.39 is 0 Å². The molecular formula is C23H24N4O2. The summed E-state index contributed by atoms with van der Waals surface area (Å²) in [6.07, 6.45) is 8.48. The lowest BCUT2D eigenvalue weighted by Gasteiger charge is -1.99. The van der Waals surface area contributed by atoms with Gasteiger partial charge in [-0.3, -0.25) is 9.78 Å². The zero-order valence-electron chi connectivity index (χ0n) is 16.7. The largest absolute Gasteiger partial charge is 0.425 e. The lowest BCUT2D eigenvalue weighted by Crippen LogP contribution is -2.17. The Bertz CT molecular complexity index is 979. The highest BCUT2D eigenvalue weighted by Gasteiger charge is 2.21. The van der Waals surface area contributed by atoms with Gasteiger partial charge in [0, 0.05) is 49.0 Å².